The lowest BCUT2D eigenvalue weighted by Gasteiger charge is -2.27. The maximum atomic E-state index is 13.2. The summed E-state index contributed by atoms with van der Waals surface area (Å²) in [5.41, 5.74) is 2.27. The summed E-state index contributed by atoms with van der Waals surface area (Å²) in [7, 11) is 0. The SMILES string of the molecule is C[C@H](C[C@@H]1COC(C)(C)O1)C(=O)N(Cc1ccccc1)Cc1ccccc1. The summed E-state index contributed by atoms with van der Waals surface area (Å²) < 4.78 is 11.5. The monoisotopic (exact) mass is 367 g/mol. The molecule has 1 saturated heterocycles. The molecule has 4 nitrogen and oxygen atoms in total. The van der Waals surface area contributed by atoms with E-state index in [0.29, 0.717) is 26.1 Å². The van der Waals surface area contributed by atoms with Crippen molar-refractivity contribution in [3.63, 3.8) is 0 Å². The molecule has 1 fully saturated rings. The van der Waals surface area contributed by atoms with E-state index in [9.17, 15) is 4.79 Å². The van der Waals surface area contributed by atoms with Crippen LogP contribution >= 0.6 is 0 Å². The number of ether oxygens (including phenoxy) is 2. The molecule has 0 unspecified atom stereocenters. The Bertz CT molecular complexity index is 688. The highest BCUT2D eigenvalue weighted by Gasteiger charge is 2.35. The van der Waals surface area contributed by atoms with Crippen LogP contribution in [0.5, 0.6) is 0 Å². The van der Waals surface area contributed by atoms with Crippen molar-refractivity contribution >= 4 is 5.91 Å². The lowest BCUT2D eigenvalue weighted by molar-refractivity contribution is -0.146. The minimum atomic E-state index is -0.554. The van der Waals surface area contributed by atoms with Gasteiger partial charge < -0.3 is 14.4 Å². The molecule has 1 aliphatic heterocycles. The van der Waals surface area contributed by atoms with Crippen LogP contribution in [0, 0.1) is 5.92 Å². The van der Waals surface area contributed by atoms with Crippen molar-refractivity contribution in [3.8, 4) is 0 Å². The van der Waals surface area contributed by atoms with Gasteiger partial charge in [-0.05, 0) is 31.4 Å². The molecule has 1 amide bonds. The Morgan fingerprint density at radius 2 is 1.56 bits per heavy atom. The van der Waals surface area contributed by atoms with Crippen molar-refractivity contribution in [3.05, 3.63) is 71.8 Å². The molecule has 4 heteroatoms. The molecule has 2 aromatic carbocycles. The molecule has 1 heterocycles. The fraction of sp³-hybridized carbons (Fsp3) is 0.435. The fourth-order valence-electron chi connectivity index (χ4n) is 3.51. The maximum Gasteiger partial charge on any atom is 0.226 e. The quantitative estimate of drug-likeness (QED) is 0.728. The highest BCUT2D eigenvalue weighted by atomic mass is 16.7. The van der Waals surface area contributed by atoms with E-state index in [0.717, 1.165) is 11.1 Å². The van der Waals surface area contributed by atoms with Gasteiger partial charge in [-0.15, -0.1) is 0 Å². The fourth-order valence-corrected chi connectivity index (χ4v) is 3.51. The van der Waals surface area contributed by atoms with Crippen LogP contribution in [0.15, 0.2) is 60.7 Å². The van der Waals surface area contributed by atoms with Crippen LogP contribution in [0.4, 0.5) is 0 Å². The zero-order chi connectivity index (χ0) is 19.3. The Balaban J connectivity index is 1.69. The molecule has 0 aliphatic carbocycles. The minimum Gasteiger partial charge on any atom is -0.348 e. The smallest absolute Gasteiger partial charge is 0.226 e. The average Bonchev–Trinajstić information content (AvgIpc) is 3.00. The summed E-state index contributed by atoms with van der Waals surface area (Å²) >= 11 is 0. The number of benzene rings is 2. The van der Waals surface area contributed by atoms with Crippen molar-refractivity contribution < 1.29 is 14.3 Å². The molecule has 0 saturated carbocycles. The average molecular weight is 367 g/mol. The largest absolute Gasteiger partial charge is 0.348 e. The normalized spacial score (nSPS) is 19.6. The van der Waals surface area contributed by atoms with Crippen LogP contribution in [-0.2, 0) is 27.4 Å². The molecule has 3 rings (SSSR count). The van der Waals surface area contributed by atoms with E-state index >= 15 is 0 Å². The van der Waals surface area contributed by atoms with Crippen molar-refractivity contribution in [1.29, 1.82) is 0 Å². The minimum absolute atomic E-state index is 0.0331. The highest BCUT2D eigenvalue weighted by Crippen LogP contribution is 2.27. The predicted octanol–water partition coefficient (Wildman–Crippen LogP) is 4.39. The van der Waals surface area contributed by atoms with Crippen LogP contribution in [0.2, 0.25) is 0 Å². The van der Waals surface area contributed by atoms with E-state index < -0.39 is 5.79 Å². The highest BCUT2D eigenvalue weighted by molar-refractivity contribution is 5.78. The molecule has 0 bridgehead atoms. The van der Waals surface area contributed by atoms with Gasteiger partial charge in [0, 0.05) is 19.0 Å². The lowest BCUT2D eigenvalue weighted by atomic mass is 10.0. The molecule has 0 aromatic heterocycles. The number of hydrogen-bond acceptors (Lipinski definition) is 3. The van der Waals surface area contributed by atoms with E-state index in [1.807, 2.05) is 62.1 Å². The van der Waals surface area contributed by atoms with Gasteiger partial charge in [-0.25, -0.2) is 0 Å². The predicted molar refractivity (Wildman–Crippen MR) is 106 cm³/mol. The van der Waals surface area contributed by atoms with E-state index in [1.165, 1.54) is 0 Å². The Labute approximate surface area is 162 Å². The summed E-state index contributed by atoms with van der Waals surface area (Å²) in [5, 5.41) is 0. The van der Waals surface area contributed by atoms with Crippen molar-refractivity contribution in [1.82, 2.24) is 4.90 Å². The molecule has 2 atom stereocenters. The second kappa shape index (κ2) is 8.68. The first-order valence-corrected chi connectivity index (χ1v) is 9.61. The number of amides is 1. The van der Waals surface area contributed by atoms with Crippen LogP contribution in [0.25, 0.3) is 0 Å². The van der Waals surface area contributed by atoms with Gasteiger partial charge in [0.2, 0.25) is 5.91 Å². The van der Waals surface area contributed by atoms with E-state index in [2.05, 4.69) is 24.3 Å². The van der Waals surface area contributed by atoms with Gasteiger partial charge in [-0.3, -0.25) is 4.79 Å². The summed E-state index contributed by atoms with van der Waals surface area (Å²) in [6.45, 7) is 7.56. The lowest BCUT2D eigenvalue weighted by Crippen LogP contribution is -2.36. The van der Waals surface area contributed by atoms with Crippen LogP contribution in [-0.4, -0.2) is 29.3 Å². The molecule has 2 aromatic rings. The number of rotatable bonds is 7. The summed E-state index contributed by atoms with van der Waals surface area (Å²) in [6, 6.07) is 20.3. The molecule has 1 aliphatic rings. The van der Waals surface area contributed by atoms with E-state index in [4.69, 9.17) is 9.47 Å². The molecule has 144 valence electrons. The Hall–Kier alpha value is -2.17. The standard InChI is InChI=1S/C23H29NO3/c1-18(14-21-17-26-23(2,3)27-21)22(25)24(15-19-10-6-4-7-11-19)16-20-12-8-5-9-13-20/h4-13,18,21H,14-17H2,1-3H3/t18-,21-/m1/s1. The summed E-state index contributed by atoms with van der Waals surface area (Å²) in [6.07, 6.45) is 0.636. The van der Waals surface area contributed by atoms with Crippen LogP contribution < -0.4 is 0 Å². The van der Waals surface area contributed by atoms with E-state index in [-0.39, 0.29) is 17.9 Å². The van der Waals surface area contributed by atoms with Gasteiger partial charge in [0.25, 0.3) is 0 Å². The third-order valence-electron chi connectivity index (χ3n) is 4.85. The van der Waals surface area contributed by atoms with Gasteiger partial charge in [-0.1, -0.05) is 67.6 Å². The van der Waals surface area contributed by atoms with Gasteiger partial charge in [0.15, 0.2) is 5.79 Å². The molecular formula is C23H29NO3. The number of carbonyl (C=O) groups excluding carboxylic acids is 1. The number of nitrogens with zero attached hydrogens (tertiary/aromatic N) is 1. The third kappa shape index (κ3) is 5.65. The zero-order valence-corrected chi connectivity index (χ0v) is 16.4. The van der Waals surface area contributed by atoms with Gasteiger partial charge >= 0.3 is 0 Å². The number of hydrogen-bond donors (Lipinski definition) is 0. The first kappa shape index (κ1) is 19.6. The first-order chi connectivity index (χ1) is 12.9. The van der Waals surface area contributed by atoms with E-state index in [1.54, 1.807) is 0 Å². The van der Waals surface area contributed by atoms with Gasteiger partial charge in [-0.2, -0.15) is 0 Å². The van der Waals surface area contributed by atoms with Crippen LogP contribution in [0.3, 0.4) is 0 Å². The topological polar surface area (TPSA) is 38.8 Å². The second-order valence-corrected chi connectivity index (χ2v) is 7.75. The van der Waals surface area contributed by atoms with Gasteiger partial charge in [0.1, 0.15) is 0 Å². The molecule has 0 N–H and O–H groups in total. The Kier molecular flexibility index (Phi) is 6.30. The third-order valence-corrected chi connectivity index (χ3v) is 4.85. The van der Waals surface area contributed by atoms with Gasteiger partial charge in [0.05, 0.1) is 12.7 Å². The Morgan fingerprint density at radius 3 is 2.00 bits per heavy atom. The maximum absolute atomic E-state index is 13.2. The molecular weight excluding hydrogens is 338 g/mol. The molecule has 27 heavy (non-hydrogen) atoms. The summed E-state index contributed by atoms with van der Waals surface area (Å²) in [5.74, 6) is -0.530. The second-order valence-electron chi connectivity index (χ2n) is 7.75. The Morgan fingerprint density at radius 1 is 1.04 bits per heavy atom. The summed E-state index contributed by atoms with van der Waals surface area (Å²) in [4.78, 5) is 15.2. The first-order valence-electron chi connectivity index (χ1n) is 9.61. The van der Waals surface area contributed by atoms with Crippen molar-refractivity contribution in [2.24, 2.45) is 5.92 Å². The van der Waals surface area contributed by atoms with Crippen molar-refractivity contribution in [2.75, 3.05) is 6.61 Å². The van der Waals surface area contributed by atoms with Crippen LogP contribution in [0.1, 0.15) is 38.3 Å². The number of carbonyl (C=O) groups is 1. The molecule has 0 radical (unpaired) electrons. The zero-order valence-electron chi connectivity index (χ0n) is 16.4. The van der Waals surface area contributed by atoms with Crippen molar-refractivity contribution in [2.45, 2.75) is 52.2 Å². The molecule has 0 spiro atoms.